The van der Waals surface area contributed by atoms with Gasteiger partial charge in [-0.2, -0.15) is 0 Å². The molecular formula is C20H13F2N3O2S. The van der Waals surface area contributed by atoms with Gasteiger partial charge in [-0.05, 0) is 29.8 Å². The fourth-order valence-corrected chi connectivity index (χ4v) is 4.14. The smallest absolute Gasteiger partial charge is 0.231 e. The van der Waals surface area contributed by atoms with E-state index in [1.807, 2.05) is 18.2 Å². The molecule has 0 saturated heterocycles. The Labute approximate surface area is 162 Å². The summed E-state index contributed by atoms with van der Waals surface area (Å²) in [5.74, 6) is 0.343. The van der Waals surface area contributed by atoms with Crippen molar-refractivity contribution < 1.29 is 18.3 Å². The first kappa shape index (κ1) is 16.9. The third kappa shape index (κ3) is 2.91. The Morgan fingerprint density at radius 1 is 1.04 bits per heavy atom. The van der Waals surface area contributed by atoms with Crippen molar-refractivity contribution in [3.63, 3.8) is 0 Å². The van der Waals surface area contributed by atoms with E-state index in [1.54, 1.807) is 12.1 Å². The highest BCUT2D eigenvalue weighted by atomic mass is 32.1. The van der Waals surface area contributed by atoms with Crippen molar-refractivity contribution in [3.05, 3.63) is 66.0 Å². The molecule has 2 aromatic heterocycles. The van der Waals surface area contributed by atoms with E-state index in [4.69, 9.17) is 9.47 Å². The molecule has 0 radical (unpaired) electrons. The lowest BCUT2D eigenvalue weighted by atomic mass is 10.1. The summed E-state index contributed by atoms with van der Waals surface area (Å²) in [5, 5.41) is 3.28. The van der Waals surface area contributed by atoms with Crippen molar-refractivity contribution in [3.8, 4) is 21.9 Å². The van der Waals surface area contributed by atoms with Crippen molar-refractivity contribution >= 4 is 27.4 Å². The minimum Gasteiger partial charge on any atom is -0.454 e. The third-order valence-electron chi connectivity index (χ3n) is 4.43. The summed E-state index contributed by atoms with van der Waals surface area (Å²) < 4.78 is 39.2. The van der Waals surface area contributed by atoms with E-state index in [0.717, 1.165) is 22.1 Å². The highest BCUT2D eigenvalue weighted by molar-refractivity contribution is 7.22. The molecule has 0 amide bonds. The standard InChI is InChI=1S/C20H13F2N3O2S/c21-13-3-1-2-12(18(13)22)17-7-14-19(28-17)20(25-9-24-14)23-8-11-4-5-15-16(6-11)27-10-26-15/h1-7,9H,8,10H2,(H,23,24,25). The molecule has 4 aromatic rings. The van der Waals surface area contributed by atoms with E-state index in [2.05, 4.69) is 15.3 Å². The van der Waals surface area contributed by atoms with Gasteiger partial charge in [0.1, 0.15) is 12.1 Å². The molecule has 3 heterocycles. The number of halogens is 2. The van der Waals surface area contributed by atoms with Gasteiger partial charge in [-0.25, -0.2) is 18.7 Å². The maximum absolute atomic E-state index is 14.2. The SMILES string of the molecule is Fc1cccc(-c2cc3ncnc(NCc4ccc5c(c4)OCO5)c3s2)c1F. The van der Waals surface area contributed by atoms with E-state index in [9.17, 15) is 8.78 Å². The number of nitrogens with one attached hydrogen (secondary N) is 1. The predicted octanol–water partition coefficient (Wildman–Crippen LogP) is 4.98. The summed E-state index contributed by atoms with van der Waals surface area (Å²) in [5.41, 5.74) is 1.89. The number of thiophene rings is 1. The number of benzene rings is 2. The molecule has 0 unspecified atom stereocenters. The summed E-state index contributed by atoms with van der Waals surface area (Å²) in [7, 11) is 0. The number of fused-ring (bicyclic) bond motifs is 2. The second-order valence-electron chi connectivity index (χ2n) is 6.19. The lowest BCUT2D eigenvalue weighted by Crippen LogP contribution is -2.01. The molecule has 8 heteroatoms. The van der Waals surface area contributed by atoms with Crippen LogP contribution in [0.4, 0.5) is 14.6 Å². The van der Waals surface area contributed by atoms with Gasteiger partial charge in [-0.3, -0.25) is 0 Å². The maximum atomic E-state index is 14.2. The van der Waals surface area contributed by atoms with Crippen LogP contribution in [0, 0.1) is 11.6 Å². The lowest BCUT2D eigenvalue weighted by Gasteiger charge is -2.07. The van der Waals surface area contributed by atoms with Crippen LogP contribution in [-0.4, -0.2) is 16.8 Å². The van der Waals surface area contributed by atoms with Crippen LogP contribution in [0.15, 0.2) is 48.8 Å². The Morgan fingerprint density at radius 3 is 2.86 bits per heavy atom. The van der Waals surface area contributed by atoms with E-state index >= 15 is 0 Å². The number of anilines is 1. The molecule has 0 bridgehead atoms. The predicted molar refractivity (Wildman–Crippen MR) is 103 cm³/mol. The minimum absolute atomic E-state index is 0.213. The zero-order valence-electron chi connectivity index (χ0n) is 14.4. The summed E-state index contributed by atoms with van der Waals surface area (Å²) in [6.07, 6.45) is 1.45. The van der Waals surface area contributed by atoms with Crippen molar-refractivity contribution in [2.45, 2.75) is 6.54 Å². The molecule has 2 aromatic carbocycles. The van der Waals surface area contributed by atoms with Crippen LogP contribution in [0.5, 0.6) is 11.5 Å². The molecule has 0 fully saturated rings. The minimum atomic E-state index is -0.873. The number of aromatic nitrogens is 2. The summed E-state index contributed by atoms with van der Waals surface area (Å²) >= 11 is 1.32. The van der Waals surface area contributed by atoms with Gasteiger partial charge in [0.25, 0.3) is 0 Å². The van der Waals surface area contributed by atoms with Crippen LogP contribution in [0.25, 0.3) is 20.7 Å². The normalized spacial score (nSPS) is 12.5. The van der Waals surface area contributed by atoms with E-state index in [-0.39, 0.29) is 12.4 Å². The molecule has 0 aliphatic carbocycles. The van der Waals surface area contributed by atoms with Gasteiger partial charge in [0.05, 0.1) is 10.2 Å². The summed E-state index contributed by atoms with van der Waals surface area (Å²) in [6.45, 7) is 0.748. The van der Waals surface area contributed by atoms with Crippen LogP contribution in [-0.2, 0) is 6.54 Å². The Balaban J connectivity index is 1.45. The molecule has 0 saturated carbocycles. The fraction of sp³-hybridized carbons (Fsp3) is 0.100. The van der Waals surface area contributed by atoms with E-state index in [0.29, 0.717) is 28.5 Å². The third-order valence-corrected chi connectivity index (χ3v) is 5.59. The van der Waals surface area contributed by atoms with E-state index < -0.39 is 11.6 Å². The van der Waals surface area contributed by atoms with Gasteiger partial charge in [0.15, 0.2) is 23.1 Å². The Morgan fingerprint density at radius 2 is 1.93 bits per heavy atom. The highest BCUT2D eigenvalue weighted by Gasteiger charge is 2.16. The average Bonchev–Trinajstić information content (AvgIpc) is 3.34. The fourth-order valence-electron chi connectivity index (χ4n) is 3.04. The Kier molecular flexibility index (Phi) is 4.05. The molecule has 5 nitrogen and oxygen atoms in total. The largest absolute Gasteiger partial charge is 0.454 e. The lowest BCUT2D eigenvalue weighted by molar-refractivity contribution is 0.174. The van der Waals surface area contributed by atoms with Crippen LogP contribution in [0.1, 0.15) is 5.56 Å². The number of hydrogen-bond acceptors (Lipinski definition) is 6. The van der Waals surface area contributed by atoms with Gasteiger partial charge in [0.2, 0.25) is 6.79 Å². The first-order valence-electron chi connectivity index (χ1n) is 8.50. The highest BCUT2D eigenvalue weighted by Crippen LogP contribution is 2.37. The van der Waals surface area contributed by atoms with Gasteiger partial charge in [-0.15, -0.1) is 11.3 Å². The topological polar surface area (TPSA) is 56.3 Å². The number of ether oxygens (including phenoxy) is 2. The Hall–Kier alpha value is -3.26. The van der Waals surface area contributed by atoms with Crippen LogP contribution >= 0.6 is 11.3 Å². The van der Waals surface area contributed by atoms with Gasteiger partial charge in [0, 0.05) is 17.0 Å². The van der Waals surface area contributed by atoms with Gasteiger partial charge >= 0.3 is 0 Å². The molecule has 140 valence electrons. The molecule has 5 rings (SSSR count). The second-order valence-corrected chi connectivity index (χ2v) is 7.24. The van der Waals surface area contributed by atoms with Crippen LogP contribution < -0.4 is 14.8 Å². The molecular weight excluding hydrogens is 384 g/mol. The monoisotopic (exact) mass is 397 g/mol. The zero-order valence-corrected chi connectivity index (χ0v) is 15.2. The molecule has 1 N–H and O–H groups in total. The molecule has 1 aliphatic heterocycles. The van der Waals surface area contributed by atoms with Crippen molar-refractivity contribution in [1.29, 1.82) is 0 Å². The van der Waals surface area contributed by atoms with Crippen molar-refractivity contribution in [2.75, 3.05) is 12.1 Å². The average molecular weight is 397 g/mol. The number of rotatable bonds is 4. The van der Waals surface area contributed by atoms with Gasteiger partial charge < -0.3 is 14.8 Å². The molecule has 28 heavy (non-hydrogen) atoms. The molecule has 0 spiro atoms. The molecule has 1 aliphatic rings. The quantitative estimate of drug-likeness (QED) is 0.527. The van der Waals surface area contributed by atoms with Crippen LogP contribution in [0.2, 0.25) is 0 Å². The van der Waals surface area contributed by atoms with Gasteiger partial charge in [-0.1, -0.05) is 18.2 Å². The maximum Gasteiger partial charge on any atom is 0.231 e. The zero-order chi connectivity index (χ0) is 19.1. The summed E-state index contributed by atoms with van der Waals surface area (Å²) in [6, 6.07) is 11.6. The molecule has 0 atom stereocenters. The second kappa shape index (κ2) is 6.72. The van der Waals surface area contributed by atoms with Crippen molar-refractivity contribution in [1.82, 2.24) is 9.97 Å². The van der Waals surface area contributed by atoms with Crippen LogP contribution in [0.3, 0.4) is 0 Å². The van der Waals surface area contributed by atoms with E-state index in [1.165, 1.54) is 23.7 Å². The first-order valence-corrected chi connectivity index (χ1v) is 9.32. The Bertz CT molecular complexity index is 1200. The number of hydrogen-bond donors (Lipinski definition) is 1. The first-order chi connectivity index (χ1) is 13.7. The number of nitrogens with zero attached hydrogens (tertiary/aromatic N) is 2. The van der Waals surface area contributed by atoms with Crippen molar-refractivity contribution in [2.24, 2.45) is 0 Å². The summed E-state index contributed by atoms with van der Waals surface area (Å²) in [4.78, 5) is 9.15.